The summed E-state index contributed by atoms with van der Waals surface area (Å²) in [7, 11) is 0. The van der Waals surface area contributed by atoms with Gasteiger partial charge in [-0.05, 0) is 23.8 Å². The number of furan rings is 1. The van der Waals surface area contributed by atoms with Crippen molar-refractivity contribution >= 4 is 23.1 Å². The molecular weight excluding hydrogens is 431 g/mol. The molecule has 154 valence electrons. The molecule has 0 aliphatic rings. The minimum Gasteiger partial charge on any atom is -0.472 e. The first-order chi connectivity index (χ1) is 15.3. The van der Waals surface area contributed by atoms with Crippen molar-refractivity contribution in [2.24, 2.45) is 0 Å². The summed E-state index contributed by atoms with van der Waals surface area (Å²) in [6, 6.07) is 18.6. The molecular formula is C23H17FN4OS2. The molecule has 5 nitrogen and oxygen atoms in total. The molecule has 0 atom stereocenters. The number of thioether (sulfide) groups is 1. The van der Waals surface area contributed by atoms with E-state index in [1.54, 1.807) is 42.1 Å². The average Bonchev–Trinajstić information content (AvgIpc) is 3.55. The van der Waals surface area contributed by atoms with Crippen molar-refractivity contribution in [2.45, 2.75) is 17.5 Å². The summed E-state index contributed by atoms with van der Waals surface area (Å²) < 4.78 is 21.6. The zero-order valence-electron chi connectivity index (χ0n) is 16.3. The van der Waals surface area contributed by atoms with Gasteiger partial charge in [-0.1, -0.05) is 54.2 Å². The topological polar surface area (TPSA) is 56.7 Å². The first kappa shape index (κ1) is 19.7. The van der Waals surface area contributed by atoms with Crippen LogP contribution in [-0.2, 0) is 12.3 Å². The van der Waals surface area contributed by atoms with Gasteiger partial charge >= 0.3 is 0 Å². The van der Waals surface area contributed by atoms with Crippen molar-refractivity contribution < 1.29 is 8.81 Å². The standard InChI is InChI=1S/C23H17FN4OS2/c24-20-9-5-4-8-19(20)21-26-27-23(28(21)12-16-6-2-1-3-7-16)31-15-18-14-30-22(25-18)17-10-11-29-13-17/h1-11,13-14H,12,15H2. The van der Waals surface area contributed by atoms with Gasteiger partial charge in [0.15, 0.2) is 11.0 Å². The van der Waals surface area contributed by atoms with Crippen molar-refractivity contribution in [3.05, 3.63) is 95.6 Å². The van der Waals surface area contributed by atoms with Crippen molar-refractivity contribution in [1.29, 1.82) is 0 Å². The van der Waals surface area contributed by atoms with Gasteiger partial charge in [0.25, 0.3) is 0 Å². The molecule has 0 aliphatic carbocycles. The molecule has 3 heterocycles. The van der Waals surface area contributed by atoms with Gasteiger partial charge in [-0.3, -0.25) is 4.57 Å². The van der Waals surface area contributed by atoms with Gasteiger partial charge in [0.05, 0.1) is 24.1 Å². The molecule has 3 aromatic heterocycles. The van der Waals surface area contributed by atoms with Crippen LogP contribution in [0.5, 0.6) is 0 Å². The van der Waals surface area contributed by atoms with E-state index in [1.165, 1.54) is 17.8 Å². The Labute approximate surface area is 186 Å². The molecule has 2 aromatic carbocycles. The van der Waals surface area contributed by atoms with Gasteiger partial charge < -0.3 is 4.42 Å². The highest BCUT2D eigenvalue weighted by Gasteiger charge is 2.18. The molecule has 31 heavy (non-hydrogen) atoms. The number of thiazole rings is 1. The first-order valence-electron chi connectivity index (χ1n) is 9.60. The van der Waals surface area contributed by atoms with Gasteiger partial charge in [0.2, 0.25) is 0 Å². The predicted octanol–water partition coefficient (Wildman–Crippen LogP) is 6.14. The fourth-order valence-electron chi connectivity index (χ4n) is 3.18. The average molecular weight is 449 g/mol. The molecule has 0 amide bonds. The Morgan fingerprint density at radius 1 is 1.00 bits per heavy atom. The third-order valence-corrected chi connectivity index (χ3v) is 6.62. The van der Waals surface area contributed by atoms with Crippen LogP contribution < -0.4 is 0 Å². The minimum absolute atomic E-state index is 0.315. The van der Waals surface area contributed by atoms with E-state index in [9.17, 15) is 4.39 Å². The van der Waals surface area contributed by atoms with Gasteiger partial charge in [-0.2, -0.15) is 0 Å². The van der Waals surface area contributed by atoms with Gasteiger partial charge in [-0.25, -0.2) is 9.37 Å². The van der Waals surface area contributed by atoms with Crippen molar-refractivity contribution in [3.8, 4) is 22.0 Å². The summed E-state index contributed by atoms with van der Waals surface area (Å²) in [5.74, 6) is 0.838. The molecule has 0 spiro atoms. The molecule has 0 fully saturated rings. The minimum atomic E-state index is -0.315. The smallest absolute Gasteiger partial charge is 0.192 e. The van der Waals surface area contributed by atoms with Crippen molar-refractivity contribution in [1.82, 2.24) is 19.7 Å². The summed E-state index contributed by atoms with van der Waals surface area (Å²) in [6.45, 7) is 0.553. The highest BCUT2D eigenvalue weighted by molar-refractivity contribution is 7.98. The van der Waals surface area contributed by atoms with Gasteiger partial charge in [0.1, 0.15) is 17.1 Å². The second-order valence-corrected chi connectivity index (χ2v) is 8.60. The molecule has 0 saturated heterocycles. The van der Waals surface area contributed by atoms with E-state index in [1.807, 2.05) is 46.3 Å². The number of hydrogen-bond acceptors (Lipinski definition) is 6. The normalized spacial score (nSPS) is 11.1. The number of benzene rings is 2. The van der Waals surface area contributed by atoms with Crippen molar-refractivity contribution in [3.63, 3.8) is 0 Å². The monoisotopic (exact) mass is 448 g/mol. The van der Waals surface area contributed by atoms with E-state index in [0.717, 1.165) is 27.0 Å². The summed E-state index contributed by atoms with van der Waals surface area (Å²) >= 11 is 3.12. The van der Waals surface area contributed by atoms with E-state index in [0.29, 0.717) is 23.7 Å². The number of hydrogen-bond donors (Lipinski definition) is 0. The summed E-state index contributed by atoms with van der Waals surface area (Å²) in [6.07, 6.45) is 3.33. The van der Waals surface area contributed by atoms with Crippen LogP contribution >= 0.6 is 23.1 Å². The van der Waals surface area contributed by atoms with Crippen molar-refractivity contribution in [2.75, 3.05) is 0 Å². The highest BCUT2D eigenvalue weighted by Crippen LogP contribution is 2.30. The summed E-state index contributed by atoms with van der Waals surface area (Å²) in [5.41, 5.74) is 3.45. The van der Waals surface area contributed by atoms with Crippen LogP contribution in [0.3, 0.4) is 0 Å². The zero-order chi connectivity index (χ0) is 21.0. The molecule has 0 N–H and O–H groups in total. The second-order valence-electron chi connectivity index (χ2n) is 6.80. The lowest BCUT2D eigenvalue weighted by atomic mass is 10.2. The molecule has 5 rings (SSSR count). The van der Waals surface area contributed by atoms with E-state index in [-0.39, 0.29) is 5.82 Å². The van der Waals surface area contributed by atoms with Crippen LogP contribution in [0, 0.1) is 5.82 Å². The number of halogens is 1. The molecule has 0 bridgehead atoms. The first-order valence-corrected chi connectivity index (χ1v) is 11.5. The maximum Gasteiger partial charge on any atom is 0.192 e. The van der Waals surface area contributed by atoms with E-state index in [2.05, 4.69) is 15.2 Å². The largest absolute Gasteiger partial charge is 0.472 e. The number of aromatic nitrogens is 4. The Hall–Kier alpha value is -3.23. The zero-order valence-corrected chi connectivity index (χ0v) is 17.9. The Morgan fingerprint density at radius 3 is 2.65 bits per heavy atom. The van der Waals surface area contributed by atoms with Crippen LogP contribution in [0.15, 0.2) is 88.1 Å². The Bertz CT molecular complexity index is 1280. The number of rotatable bonds is 7. The Kier molecular flexibility index (Phi) is 5.64. The maximum atomic E-state index is 14.5. The fourth-order valence-corrected chi connectivity index (χ4v) is 4.92. The van der Waals surface area contributed by atoms with E-state index < -0.39 is 0 Å². The third kappa shape index (κ3) is 4.30. The van der Waals surface area contributed by atoms with Gasteiger partial charge in [-0.15, -0.1) is 21.5 Å². The molecule has 0 unspecified atom stereocenters. The van der Waals surface area contributed by atoms with Crippen LogP contribution in [0.4, 0.5) is 4.39 Å². The van der Waals surface area contributed by atoms with Gasteiger partial charge in [0, 0.05) is 16.7 Å². The highest BCUT2D eigenvalue weighted by atomic mass is 32.2. The maximum absolute atomic E-state index is 14.5. The molecule has 0 saturated carbocycles. The Balaban J connectivity index is 1.43. The van der Waals surface area contributed by atoms with Crippen LogP contribution in [0.2, 0.25) is 0 Å². The van der Waals surface area contributed by atoms with E-state index >= 15 is 0 Å². The quantitative estimate of drug-likeness (QED) is 0.280. The number of nitrogens with zero attached hydrogens (tertiary/aromatic N) is 4. The van der Waals surface area contributed by atoms with Crippen LogP contribution in [-0.4, -0.2) is 19.7 Å². The lowest BCUT2D eigenvalue weighted by molar-refractivity contribution is 0.568. The predicted molar refractivity (Wildman–Crippen MR) is 120 cm³/mol. The lowest BCUT2D eigenvalue weighted by Crippen LogP contribution is -2.05. The molecule has 0 radical (unpaired) electrons. The second kappa shape index (κ2) is 8.87. The van der Waals surface area contributed by atoms with E-state index in [4.69, 9.17) is 4.42 Å². The molecule has 8 heteroatoms. The Morgan fingerprint density at radius 2 is 1.84 bits per heavy atom. The van der Waals surface area contributed by atoms with Crippen LogP contribution in [0.25, 0.3) is 22.0 Å². The molecule has 0 aliphatic heterocycles. The summed E-state index contributed by atoms with van der Waals surface area (Å²) in [5, 5.41) is 12.4. The molecule has 5 aromatic rings. The van der Waals surface area contributed by atoms with Crippen LogP contribution in [0.1, 0.15) is 11.3 Å². The third-order valence-electron chi connectivity index (χ3n) is 4.68. The fraction of sp³-hybridized carbons (Fsp3) is 0.0870. The summed E-state index contributed by atoms with van der Waals surface area (Å²) in [4.78, 5) is 4.68. The lowest BCUT2D eigenvalue weighted by Gasteiger charge is -2.10. The SMILES string of the molecule is Fc1ccccc1-c1nnc(SCc2csc(-c3ccoc3)n2)n1Cc1ccccc1.